The van der Waals surface area contributed by atoms with E-state index in [1.54, 1.807) is 0 Å². The largest absolute Gasteiger partial charge is 0.326 e. The summed E-state index contributed by atoms with van der Waals surface area (Å²) in [6.45, 7) is 6.08. The van der Waals surface area contributed by atoms with Crippen LogP contribution in [0.4, 0.5) is 0 Å². The smallest absolute Gasteiger partial charge is 0.229 e. The predicted molar refractivity (Wildman–Crippen MR) is 142 cm³/mol. The van der Waals surface area contributed by atoms with Crippen molar-refractivity contribution in [3.8, 4) is 0 Å². The van der Waals surface area contributed by atoms with Gasteiger partial charge in [0.1, 0.15) is 0 Å². The summed E-state index contributed by atoms with van der Waals surface area (Å²) >= 11 is 12.7. The molecule has 1 amide bonds. The molecule has 2 heterocycles. The standard InChI is InChI=1S/C30H30Cl2N2O/c1-3-16-30(2)19-25(22-7-6-8-24(32)18-22)27(20-12-14-23(31)15-13-20)34(29(30)35)28(21-10-11-21)26-9-4-5-17-33-26/h3-9,12-15,17-18,21,25,27-28H,1,10-11,16,19H2,2H3/t25-,27-,28-,30-/m1/s1. The fourth-order valence-electron chi connectivity index (χ4n) is 5.77. The van der Waals surface area contributed by atoms with E-state index in [1.165, 1.54) is 0 Å². The van der Waals surface area contributed by atoms with E-state index < -0.39 is 5.41 Å². The zero-order valence-corrected chi connectivity index (χ0v) is 21.4. The Bertz CT molecular complexity index is 1210. The topological polar surface area (TPSA) is 33.2 Å². The van der Waals surface area contributed by atoms with Gasteiger partial charge in [0.15, 0.2) is 0 Å². The number of aromatic nitrogens is 1. The van der Waals surface area contributed by atoms with Crippen molar-refractivity contribution >= 4 is 29.1 Å². The summed E-state index contributed by atoms with van der Waals surface area (Å²) < 4.78 is 0. The Balaban J connectivity index is 1.72. The molecule has 1 aliphatic heterocycles. The van der Waals surface area contributed by atoms with Crippen LogP contribution in [-0.4, -0.2) is 15.8 Å². The predicted octanol–water partition coefficient (Wildman–Crippen LogP) is 8.18. The number of halogens is 2. The van der Waals surface area contributed by atoms with Crippen LogP contribution in [0.25, 0.3) is 0 Å². The second-order valence-corrected chi connectivity index (χ2v) is 11.0. The van der Waals surface area contributed by atoms with Crippen molar-refractivity contribution < 1.29 is 4.79 Å². The molecule has 0 radical (unpaired) electrons. The lowest BCUT2D eigenvalue weighted by atomic mass is 9.67. The van der Waals surface area contributed by atoms with Crippen molar-refractivity contribution in [3.63, 3.8) is 0 Å². The number of amides is 1. The number of benzene rings is 2. The molecule has 1 aliphatic carbocycles. The highest BCUT2D eigenvalue weighted by Gasteiger charge is 2.54. The van der Waals surface area contributed by atoms with Gasteiger partial charge in [-0.1, -0.05) is 66.5 Å². The van der Waals surface area contributed by atoms with Crippen molar-refractivity contribution in [3.05, 3.63) is 112 Å². The summed E-state index contributed by atoms with van der Waals surface area (Å²) in [6, 6.07) is 21.8. The Morgan fingerprint density at radius 2 is 1.83 bits per heavy atom. The Kier molecular flexibility index (Phi) is 6.74. The number of carbonyl (C=O) groups is 1. The monoisotopic (exact) mass is 504 g/mol. The van der Waals surface area contributed by atoms with E-state index in [4.69, 9.17) is 28.2 Å². The van der Waals surface area contributed by atoms with E-state index >= 15 is 0 Å². The highest BCUT2D eigenvalue weighted by atomic mass is 35.5. The first kappa shape index (κ1) is 24.1. The first-order valence-electron chi connectivity index (χ1n) is 12.3. The quantitative estimate of drug-likeness (QED) is 0.304. The third-order valence-electron chi connectivity index (χ3n) is 7.54. The minimum absolute atomic E-state index is 0.0579. The molecule has 2 aromatic carbocycles. The van der Waals surface area contributed by atoms with Crippen LogP contribution < -0.4 is 0 Å². The summed E-state index contributed by atoms with van der Waals surface area (Å²) in [5.74, 6) is 0.621. The number of piperidine rings is 1. The Morgan fingerprint density at radius 1 is 1.06 bits per heavy atom. The number of rotatable bonds is 7. The van der Waals surface area contributed by atoms with Gasteiger partial charge in [0.05, 0.1) is 23.2 Å². The van der Waals surface area contributed by atoms with E-state index in [0.717, 1.165) is 29.7 Å². The highest BCUT2D eigenvalue weighted by molar-refractivity contribution is 6.30. The van der Waals surface area contributed by atoms with E-state index in [-0.39, 0.29) is 23.9 Å². The van der Waals surface area contributed by atoms with Crippen LogP contribution in [0.2, 0.25) is 10.0 Å². The van der Waals surface area contributed by atoms with E-state index in [0.29, 0.717) is 28.8 Å². The molecule has 1 saturated carbocycles. The van der Waals surface area contributed by atoms with Crippen molar-refractivity contribution in [1.29, 1.82) is 0 Å². The first-order chi connectivity index (χ1) is 16.9. The molecule has 0 N–H and O–H groups in total. The minimum Gasteiger partial charge on any atom is -0.326 e. The van der Waals surface area contributed by atoms with Crippen molar-refractivity contribution in [1.82, 2.24) is 9.88 Å². The lowest BCUT2D eigenvalue weighted by Gasteiger charge is -2.52. The number of nitrogens with zero attached hydrogens (tertiary/aromatic N) is 2. The number of hydrogen-bond donors (Lipinski definition) is 0. The maximum absolute atomic E-state index is 14.5. The summed E-state index contributed by atoms with van der Waals surface area (Å²) in [4.78, 5) is 21.4. The van der Waals surface area contributed by atoms with Gasteiger partial charge < -0.3 is 4.90 Å². The molecule has 2 aliphatic rings. The summed E-state index contributed by atoms with van der Waals surface area (Å²) in [7, 11) is 0. The molecule has 5 rings (SSSR count). The number of carbonyl (C=O) groups excluding carboxylic acids is 1. The second kappa shape index (κ2) is 9.79. The Labute approximate surface area is 217 Å². The van der Waals surface area contributed by atoms with Crippen LogP contribution >= 0.6 is 23.2 Å². The summed E-state index contributed by atoms with van der Waals surface area (Å²) in [5, 5.41) is 1.39. The van der Waals surface area contributed by atoms with Gasteiger partial charge in [0.25, 0.3) is 0 Å². The Hall–Kier alpha value is -2.62. The molecule has 0 bridgehead atoms. The lowest BCUT2D eigenvalue weighted by Crippen LogP contribution is -2.53. The highest BCUT2D eigenvalue weighted by Crippen LogP contribution is 2.57. The third-order valence-corrected chi connectivity index (χ3v) is 8.03. The van der Waals surface area contributed by atoms with Crippen molar-refractivity contribution in [2.45, 2.75) is 50.6 Å². The summed E-state index contributed by atoms with van der Waals surface area (Å²) in [6.07, 6.45) is 7.22. The maximum Gasteiger partial charge on any atom is 0.229 e. The molecule has 2 fully saturated rings. The van der Waals surface area contributed by atoms with Gasteiger partial charge in [0, 0.05) is 22.2 Å². The van der Waals surface area contributed by atoms with Gasteiger partial charge in [-0.3, -0.25) is 9.78 Å². The van der Waals surface area contributed by atoms with Crippen LogP contribution in [-0.2, 0) is 4.79 Å². The maximum atomic E-state index is 14.5. The average Bonchev–Trinajstić information content (AvgIpc) is 3.69. The molecule has 5 heteroatoms. The van der Waals surface area contributed by atoms with E-state index in [9.17, 15) is 4.79 Å². The van der Waals surface area contributed by atoms with Gasteiger partial charge >= 0.3 is 0 Å². The SMILES string of the molecule is C=CC[C@]1(C)C[C@H](c2cccc(Cl)c2)[C@@H](c2ccc(Cl)cc2)N([C@@H](c2ccccn2)C2CC2)C1=O. The van der Waals surface area contributed by atoms with Crippen LogP contribution in [0, 0.1) is 11.3 Å². The zero-order valence-electron chi connectivity index (χ0n) is 19.9. The van der Waals surface area contributed by atoms with Crippen molar-refractivity contribution in [2.75, 3.05) is 0 Å². The summed E-state index contributed by atoms with van der Waals surface area (Å²) in [5.41, 5.74) is 2.60. The lowest BCUT2D eigenvalue weighted by molar-refractivity contribution is -0.155. The zero-order chi connectivity index (χ0) is 24.6. The van der Waals surface area contributed by atoms with E-state index in [1.807, 2.05) is 54.7 Å². The van der Waals surface area contributed by atoms with Gasteiger partial charge in [-0.25, -0.2) is 0 Å². The van der Waals surface area contributed by atoms with Crippen LogP contribution in [0.1, 0.15) is 67.4 Å². The van der Waals surface area contributed by atoms with Crippen LogP contribution in [0.15, 0.2) is 85.6 Å². The molecule has 3 aromatic rings. The molecule has 1 aromatic heterocycles. The first-order valence-corrected chi connectivity index (χ1v) is 13.0. The number of pyridine rings is 1. The fourth-order valence-corrected chi connectivity index (χ4v) is 6.09. The molecule has 1 saturated heterocycles. The molecule has 0 spiro atoms. The molecule has 3 nitrogen and oxygen atoms in total. The molecular weight excluding hydrogens is 475 g/mol. The normalized spacial score (nSPS) is 25.3. The number of likely N-dealkylation sites (tertiary alicyclic amines) is 1. The molecular formula is C30H30Cl2N2O. The van der Waals surface area contributed by atoms with Crippen LogP contribution in [0.3, 0.4) is 0 Å². The minimum atomic E-state index is -0.570. The van der Waals surface area contributed by atoms with Gasteiger partial charge in [-0.05, 0) is 79.1 Å². The van der Waals surface area contributed by atoms with Gasteiger partial charge in [-0.2, -0.15) is 0 Å². The molecule has 35 heavy (non-hydrogen) atoms. The third kappa shape index (κ3) is 4.77. The molecule has 4 atom stereocenters. The second-order valence-electron chi connectivity index (χ2n) is 10.2. The van der Waals surface area contributed by atoms with Gasteiger partial charge in [0.2, 0.25) is 5.91 Å². The van der Waals surface area contributed by atoms with Crippen molar-refractivity contribution in [2.24, 2.45) is 11.3 Å². The average molecular weight is 505 g/mol. The fraction of sp³-hybridized carbons (Fsp3) is 0.333. The van der Waals surface area contributed by atoms with Crippen LogP contribution in [0.5, 0.6) is 0 Å². The van der Waals surface area contributed by atoms with Gasteiger partial charge in [-0.15, -0.1) is 6.58 Å². The molecule has 0 unspecified atom stereocenters. The van der Waals surface area contributed by atoms with E-state index in [2.05, 4.69) is 42.7 Å². The number of hydrogen-bond acceptors (Lipinski definition) is 2. The Morgan fingerprint density at radius 3 is 2.46 bits per heavy atom. The molecule has 180 valence electrons. The number of allylic oxidation sites excluding steroid dienone is 1.